The number of hydrogen-bond acceptors (Lipinski definition) is 7. The van der Waals surface area contributed by atoms with Crippen LogP contribution in [0.4, 0.5) is 14.5 Å². The molecule has 2 aromatic rings. The third-order valence-electron chi connectivity index (χ3n) is 6.50. The van der Waals surface area contributed by atoms with E-state index in [1.807, 2.05) is 0 Å². The van der Waals surface area contributed by atoms with Crippen molar-refractivity contribution in [2.75, 3.05) is 43.4 Å². The highest BCUT2D eigenvalue weighted by Gasteiger charge is 2.31. The van der Waals surface area contributed by atoms with Crippen LogP contribution in [-0.2, 0) is 14.8 Å². The summed E-state index contributed by atoms with van der Waals surface area (Å²) in [6.45, 7) is 2.77. The number of rotatable bonds is 8. The van der Waals surface area contributed by atoms with Gasteiger partial charge in [-0.05, 0) is 44.7 Å². The predicted molar refractivity (Wildman–Crippen MR) is 134 cm³/mol. The molecule has 10 nitrogen and oxygen atoms in total. The van der Waals surface area contributed by atoms with E-state index in [4.69, 9.17) is 4.74 Å². The number of anilines is 1. The Labute approximate surface area is 214 Å². The molecule has 2 aliphatic rings. The first-order valence-electron chi connectivity index (χ1n) is 12.4. The number of carbonyl (C=O) groups excluding carboxylic acids is 1. The quantitative estimate of drug-likeness (QED) is 0.544. The number of hydrogen-bond donors (Lipinski definition) is 1. The van der Waals surface area contributed by atoms with E-state index in [-0.39, 0.29) is 43.7 Å². The van der Waals surface area contributed by atoms with Gasteiger partial charge in [0.25, 0.3) is 0 Å². The van der Waals surface area contributed by atoms with Gasteiger partial charge in [0.15, 0.2) is 0 Å². The number of sulfonamides is 1. The third-order valence-corrected chi connectivity index (χ3v) is 8.28. The zero-order chi connectivity index (χ0) is 26.6. The summed E-state index contributed by atoms with van der Waals surface area (Å²) in [7, 11) is -3.79. The Morgan fingerprint density at radius 3 is 2.35 bits per heavy atom. The molecule has 37 heavy (non-hydrogen) atoms. The summed E-state index contributed by atoms with van der Waals surface area (Å²) in [5.74, 6) is -2.85. The summed E-state index contributed by atoms with van der Waals surface area (Å²) in [6, 6.07) is 2.74. The van der Waals surface area contributed by atoms with Crippen LogP contribution in [0.25, 0.3) is 5.69 Å². The van der Waals surface area contributed by atoms with Gasteiger partial charge in [0.2, 0.25) is 21.7 Å². The molecule has 202 valence electrons. The van der Waals surface area contributed by atoms with Crippen LogP contribution in [0.15, 0.2) is 29.2 Å². The molecule has 1 aliphatic heterocycles. The maximum Gasteiger partial charge on any atom is 0.316 e. The molecular formula is C24H31F2N5O5S. The monoisotopic (exact) mass is 539 g/mol. The summed E-state index contributed by atoms with van der Waals surface area (Å²) in [5.41, 5.74) is -0.326. The van der Waals surface area contributed by atoms with Crippen molar-refractivity contribution < 1.29 is 26.7 Å². The maximum atomic E-state index is 13.8. The minimum Gasteiger partial charge on any atom is -0.483 e. The van der Waals surface area contributed by atoms with Crippen LogP contribution in [0.2, 0.25) is 0 Å². The summed E-state index contributed by atoms with van der Waals surface area (Å²) in [5, 5.41) is 6.64. The van der Waals surface area contributed by atoms with Gasteiger partial charge in [0, 0.05) is 38.8 Å². The number of benzene rings is 1. The van der Waals surface area contributed by atoms with Crippen LogP contribution >= 0.6 is 0 Å². The highest BCUT2D eigenvalue weighted by atomic mass is 32.2. The van der Waals surface area contributed by atoms with Crippen molar-refractivity contribution in [2.24, 2.45) is 0 Å². The van der Waals surface area contributed by atoms with Crippen LogP contribution in [-0.4, -0.2) is 73.0 Å². The highest BCUT2D eigenvalue weighted by molar-refractivity contribution is 7.89. The lowest BCUT2D eigenvalue weighted by Crippen LogP contribution is -2.51. The first-order chi connectivity index (χ1) is 17.7. The Morgan fingerprint density at radius 2 is 1.73 bits per heavy atom. The molecule has 4 rings (SSSR count). The summed E-state index contributed by atoms with van der Waals surface area (Å²) in [4.78, 5) is 27.1. The van der Waals surface area contributed by atoms with Gasteiger partial charge in [-0.15, -0.1) is 0 Å². The van der Waals surface area contributed by atoms with Gasteiger partial charge in [-0.2, -0.15) is 14.1 Å². The molecule has 2 fully saturated rings. The highest BCUT2D eigenvalue weighted by Crippen LogP contribution is 2.30. The second-order valence-electron chi connectivity index (χ2n) is 9.18. The number of ether oxygens (including phenoxy) is 1. The van der Waals surface area contributed by atoms with E-state index in [1.165, 1.54) is 10.5 Å². The first kappa shape index (κ1) is 27.0. The lowest BCUT2D eigenvalue weighted by molar-refractivity contribution is -0.118. The Bertz CT molecular complexity index is 1270. The van der Waals surface area contributed by atoms with E-state index in [2.05, 4.69) is 10.4 Å². The molecule has 1 saturated heterocycles. The van der Waals surface area contributed by atoms with Crippen LogP contribution in [0.1, 0.15) is 39.0 Å². The van der Waals surface area contributed by atoms with Crippen molar-refractivity contribution in [1.82, 2.24) is 19.4 Å². The average molecular weight is 540 g/mol. The topological polar surface area (TPSA) is 114 Å². The predicted octanol–water partition coefficient (Wildman–Crippen LogP) is 1.81. The van der Waals surface area contributed by atoms with E-state index in [9.17, 15) is 26.8 Å². The van der Waals surface area contributed by atoms with Crippen molar-refractivity contribution in [3.63, 3.8) is 0 Å². The minimum absolute atomic E-state index is 0.0187. The second kappa shape index (κ2) is 11.5. The molecule has 0 bridgehead atoms. The zero-order valence-corrected chi connectivity index (χ0v) is 21.5. The largest absolute Gasteiger partial charge is 0.483 e. The van der Waals surface area contributed by atoms with E-state index in [1.54, 1.807) is 11.8 Å². The smallest absolute Gasteiger partial charge is 0.316 e. The summed E-state index contributed by atoms with van der Waals surface area (Å²) in [6.07, 6.45) is 5.80. The lowest BCUT2D eigenvalue weighted by Gasteiger charge is -2.36. The minimum atomic E-state index is -3.79. The SMILES string of the molecule is CCNC(=O)CS(=O)(=O)N1CCN(c2cnn(-c3cc(F)cc(F)c3)c(=O)c2OC2CCCCC2)CC1. The van der Waals surface area contributed by atoms with Crippen molar-refractivity contribution in [1.29, 1.82) is 0 Å². The number of aromatic nitrogens is 2. The molecule has 0 unspecified atom stereocenters. The van der Waals surface area contributed by atoms with Crippen LogP contribution < -0.4 is 20.5 Å². The Kier molecular flexibility index (Phi) is 8.42. The normalized spacial score (nSPS) is 17.5. The van der Waals surface area contributed by atoms with E-state index >= 15 is 0 Å². The Morgan fingerprint density at radius 1 is 1.08 bits per heavy atom. The molecule has 1 saturated carbocycles. The number of amides is 1. The molecule has 1 aliphatic carbocycles. The molecule has 1 aromatic heterocycles. The van der Waals surface area contributed by atoms with Gasteiger partial charge < -0.3 is 15.0 Å². The standard InChI is InChI=1S/C24H31F2N5O5S/c1-2-27-22(32)16-37(34,35)30-10-8-29(9-11-30)21-15-28-31(19-13-17(25)12-18(26)14-19)24(33)23(21)36-20-6-4-3-5-7-20/h12-15,20H,2-11,16H2,1H3,(H,27,32). The van der Waals surface area contributed by atoms with Crippen LogP contribution in [0.5, 0.6) is 5.75 Å². The van der Waals surface area contributed by atoms with Gasteiger partial charge in [-0.25, -0.2) is 17.2 Å². The molecule has 1 N–H and O–H groups in total. The van der Waals surface area contributed by atoms with Crippen molar-refractivity contribution in [2.45, 2.75) is 45.1 Å². The lowest BCUT2D eigenvalue weighted by atomic mass is 9.98. The first-order valence-corrected chi connectivity index (χ1v) is 14.0. The number of piperazine rings is 1. The van der Waals surface area contributed by atoms with Gasteiger partial charge in [0.1, 0.15) is 23.1 Å². The molecule has 13 heteroatoms. The molecule has 0 spiro atoms. The fourth-order valence-corrected chi connectivity index (χ4v) is 6.01. The van der Waals surface area contributed by atoms with Gasteiger partial charge in [-0.1, -0.05) is 6.42 Å². The number of nitrogens with one attached hydrogen (secondary N) is 1. The fraction of sp³-hybridized carbons (Fsp3) is 0.542. The number of halogens is 2. The number of carbonyl (C=O) groups is 1. The Hall–Kier alpha value is -3.06. The van der Waals surface area contributed by atoms with Crippen molar-refractivity contribution >= 4 is 21.6 Å². The van der Waals surface area contributed by atoms with Crippen LogP contribution in [0, 0.1) is 11.6 Å². The van der Waals surface area contributed by atoms with Gasteiger partial charge >= 0.3 is 5.56 Å². The van der Waals surface area contributed by atoms with Crippen molar-refractivity contribution in [3.05, 3.63) is 46.4 Å². The van der Waals surface area contributed by atoms with Crippen molar-refractivity contribution in [3.8, 4) is 11.4 Å². The Balaban J connectivity index is 1.60. The average Bonchev–Trinajstić information content (AvgIpc) is 2.85. The van der Waals surface area contributed by atoms with E-state index in [0.29, 0.717) is 18.3 Å². The van der Waals surface area contributed by atoms with E-state index in [0.717, 1.165) is 48.9 Å². The molecule has 0 radical (unpaired) electrons. The second-order valence-corrected chi connectivity index (χ2v) is 11.1. The van der Waals surface area contributed by atoms with E-state index < -0.39 is 38.9 Å². The third kappa shape index (κ3) is 6.45. The van der Waals surface area contributed by atoms with Crippen LogP contribution in [0.3, 0.4) is 0 Å². The molecule has 2 heterocycles. The zero-order valence-electron chi connectivity index (χ0n) is 20.7. The van der Waals surface area contributed by atoms with Gasteiger partial charge in [0.05, 0.1) is 18.0 Å². The molecule has 1 amide bonds. The van der Waals surface area contributed by atoms with Gasteiger partial charge in [-0.3, -0.25) is 9.59 Å². The summed E-state index contributed by atoms with van der Waals surface area (Å²) < 4.78 is 61.3. The maximum absolute atomic E-state index is 13.8. The number of nitrogens with zero attached hydrogens (tertiary/aromatic N) is 4. The summed E-state index contributed by atoms with van der Waals surface area (Å²) >= 11 is 0. The fourth-order valence-electron chi connectivity index (χ4n) is 4.67. The molecular weight excluding hydrogens is 508 g/mol. The molecule has 0 atom stereocenters. The molecule has 1 aromatic carbocycles.